The first-order valence-electron chi connectivity index (χ1n) is 4.13. The van der Waals surface area contributed by atoms with Crippen LogP contribution >= 0.6 is 22.6 Å². The number of aromatic nitrogens is 1. The van der Waals surface area contributed by atoms with Crippen LogP contribution in [0.15, 0.2) is 6.07 Å². The summed E-state index contributed by atoms with van der Waals surface area (Å²) in [6.07, 6.45) is -2.73. The van der Waals surface area contributed by atoms with Gasteiger partial charge in [0.25, 0.3) is 6.43 Å². The summed E-state index contributed by atoms with van der Waals surface area (Å²) < 4.78 is 25.6. The van der Waals surface area contributed by atoms with Crippen molar-refractivity contribution in [1.82, 2.24) is 4.98 Å². The number of nitrogens with two attached hydrogens (primary N) is 1. The molecule has 0 radical (unpaired) electrons. The molecule has 0 saturated carbocycles. The van der Waals surface area contributed by atoms with Crippen molar-refractivity contribution in [3.8, 4) is 6.07 Å². The van der Waals surface area contributed by atoms with Gasteiger partial charge in [-0.2, -0.15) is 5.26 Å². The Kier molecular flexibility index (Phi) is 4.35. The summed E-state index contributed by atoms with van der Waals surface area (Å²) in [4.78, 5) is 3.77. The monoisotopic (exact) mass is 323 g/mol. The highest BCUT2D eigenvalue weighted by molar-refractivity contribution is 14.1. The van der Waals surface area contributed by atoms with Crippen LogP contribution in [-0.4, -0.2) is 4.98 Å². The van der Waals surface area contributed by atoms with Gasteiger partial charge >= 0.3 is 0 Å². The van der Waals surface area contributed by atoms with Crippen LogP contribution in [0.1, 0.15) is 23.2 Å². The lowest BCUT2D eigenvalue weighted by atomic mass is 10.1. The lowest BCUT2D eigenvalue weighted by molar-refractivity contribution is 0.144. The quantitative estimate of drug-likeness (QED) is 0.685. The van der Waals surface area contributed by atoms with Gasteiger partial charge in [0, 0.05) is 6.54 Å². The summed E-state index contributed by atoms with van der Waals surface area (Å²) in [5.74, 6) is 0. The van der Waals surface area contributed by atoms with E-state index in [0.29, 0.717) is 9.26 Å². The molecule has 0 aliphatic heterocycles. The zero-order chi connectivity index (χ0) is 11.4. The van der Waals surface area contributed by atoms with Crippen LogP contribution in [0.3, 0.4) is 0 Å². The normalized spacial score (nSPS) is 10.4. The minimum atomic E-state index is -2.66. The molecule has 1 rings (SSSR count). The van der Waals surface area contributed by atoms with Crippen molar-refractivity contribution < 1.29 is 8.78 Å². The van der Waals surface area contributed by atoms with Crippen molar-refractivity contribution in [1.29, 1.82) is 5.26 Å². The smallest absolute Gasteiger partial charge is 0.280 e. The fraction of sp³-hybridized carbons (Fsp3) is 0.333. The molecule has 0 unspecified atom stereocenters. The van der Waals surface area contributed by atoms with Gasteiger partial charge in [-0.05, 0) is 39.8 Å². The zero-order valence-corrected chi connectivity index (χ0v) is 9.83. The first-order chi connectivity index (χ1) is 7.10. The Hall–Kier alpha value is -0.810. The molecule has 0 amide bonds. The van der Waals surface area contributed by atoms with Gasteiger partial charge in [-0.3, -0.25) is 0 Å². The predicted octanol–water partition coefficient (Wildman–Crippen LogP) is 2.15. The molecule has 6 heteroatoms. The Bertz CT molecular complexity index is 401. The van der Waals surface area contributed by atoms with Gasteiger partial charge in [-0.1, -0.05) is 0 Å². The van der Waals surface area contributed by atoms with Crippen molar-refractivity contribution in [2.24, 2.45) is 5.73 Å². The van der Waals surface area contributed by atoms with Crippen LogP contribution in [-0.2, 0) is 13.0 Å². The van der Waals surface area contributed by atoms with Gasteiger partial charge < -0.3 is 5.73 Å². The van der Waals surface area contributed by atoms with Gasteiger partial charge in [0.15, 0.2) is 0 Å². The van der Waals surface area contributed by atoms with E-state index in [1.165, 1.54) is 6.07 Å². The molecule has 0 spiro atoms. The Morgan fingerprint density at radius 1 is 1.53 bits per heavy atom. The average Bonchev–Trinajstić information content (AvgIpc) is 2.20. The molecule has 0 atom stereocenters. The maximum Gasteiger partial charge on any atom is 0.280 e. The second kappa shape index (κ2) is 5.32. The van der Waals surface area contributed by atoms with Gasteiger partial charge in [0.05, 0.1) is 12.5 Å². The molecule has 0 aliphatic rings. The van der Waals surface area contributed by atoms with Crippen LogP contribution < -0.4 is 5.73 Å². The first kappa shape index (κ1) is 12.3. The van der Waals surface area contributed by atoms with Gasteiger partial charge in [-0.25, -0.2) is 13.8 Å². The molecule has 0 saturated heterocycles. The first-order valence-corrected chi connectivity index (χ1v) is 5.21. The molecule has 3 nitrogen and oxygen atoms in total. The van der Waals surface area contributed by atoms with E-state index in [0.717, 1.165) is 0 Å². The standard InChI is InChI=1S/C9H8F2IN3/c10-8(11)7-5(1-2-13)3-6(4-14)9(12)15-7/h3,8H,1,4,14H2. The molecule has 0 aromatic carbocycles. The van der Waals surface area contributed by atoms with E-state index in [4.69, 9.17) is 11.0 Å². The molecule has 0 aliphatic carbocycles. The largest absolute Gasteiger partial charge is 0.326 e. The third kappa shape index (κ3) is 2.82. The Labute approximate surface area is 99.4 Å². The highest BCUT2D eigenvalue weighted by Crippen LogP contribution is 2.24. The summed E-state index contributed by atoms with van der Waals surface area (Å²) in [6.45, 7) is 0.229. The summed E-state index contributed by atoms with van der Waals surface area (Å²) in [6, 6.07) is 3.36. The molecule has 15 heavy (non-hydrogen) atoms. The van der Waals surface area contributed by atoms with Crippen molar-refractivity contribution in [3.63, 3.8) is 0 Å². The van der Waals surface area contributed by atoms with Crippen molar-refractivity contribution in [2.45, 2.75) is 19.4 Å². The Morgan fingerprint density at radius 2 is 2.20 bits per heavy atom. The molecule has 0 bridgehead atoms. The van der Waals surface area contributed by atoms with E-state index < -0.39 is 6.43 Å². The minimum Gasteiger partial charge on any atom is -0.326 e. The number of nitriles is 1. The molecule has 0 fully saturated rings. The average molecular weight is 323 g/mol. The van der Waals surface area contributed by atoms with Gasteiger partial charge in [-0.15, -0.1) is 0 Å². The second-order valence-corrected chi connectivity index (χ2v) is 3.84. The maximum absolute atomic E-state index is 12.6. The van der Waals surface area contributed by atoms with Crippen molar-refractivity contribution in [3.05, 3.63) is 26.6 Å². The van der Waals surface area contributed by atoms with E-state index in [1.54, 1.807) is 0 Å². The zero-order valence-electron chi connectivity index (χ0n) is 7.67. The van der Waals surface area contributed by atoms with E-state index in [2.05, 4.69) is 4.98 Å². The number of hydrogen-bond donors (Lipinski definition) is 1. The summed E-state index contributed by atoms with van der Waals surface area (Å²) in [7, 11) is 0. The van der Waals surface area contributed by atoms with Crippen LogP contribution in [0.2, 0.25) is 0 Å². The summed E-state index contributed by atoms with van der Waals surface area (Å²) in [5, 5.41) is 8.50. The third-order valence-electron chi connectivity index (χ3n) is 1.86. The topological polar surface area (TPSA) is 62.7 Å². The number of alkyl halides is 2. The number of halogens is 3. The highest BCUT2D eigenvalue weighted by Gasteiger charge is 2.17. The second-order valence-electron chi connectivity index (χ2n) is 2.82. The van der Waals surface area contributed by atoms with Crippen LogP contribution in [0.4, 0.5) is 8.78 Å². The SMILES string of the molecule is N#CCc1cc(CN)c(I)nc1C(F)F. The van der Waals surface area contributed by atoms with E-state index in [1.807, 2.05) is 28.7 Å². The lowest BCUT2D eigenvalue weighted by Crippen LogP contribution is -2.07. The van der Waals surface area contributed by atoms with E-state index >= 15 is 0 Å². The highest BCUT2D eigenvalue weighted by atomic mass is 127. The van der Waals surface area contributed by atoms with Crippen LogP contribution in [0.25, 0.3) is 0 Å². The van der Waals surface area contributed by atoms with Gasteiger partial charge in [0.1, 0.15) is 9.39 Å². The number of pyridine rings is 1. The fourth-order valence-corrected chi connectivity index (χ4v) is 1.79. The van der Waals surface area contributed by atoms with Crippen molar-refractivity contribution in [2.75, 3.05) is 0 Å². The Balaban J connectivity index is 3.26. The van der Waals surface area contributed by atoms with Crippen LogP contribution in [0, 0.1) is 15.0 Å². The molecule has 80 valence electrons. The molecule has 1 heterocycles. The molecule has 2 N–H and O–H groups in total. The fourth-order valence-electron chi connectivity index (χ4n) is 1.15. The van der Waals surface area contributed by atoms with E-state index in [9.17, 15) is 8.78 Å². The summed E-state index contributed by atoms with van der Waals surface area (Å²) >= 11 is 1.86. The number of nitrogens with zero attached hydrogens (tertiary/aromatic N) is 2. The minimum absolute atomic E-state index is 0.0728. The molecular weight excluding hydrogens is 315 g/mol. The Morgan fingerprint density at radius 3 is 2.67 bits per heavy atom. The number of hydrogen-bond acceptors (Lipinski definition) is 3. The molecule has 1 aromatic rings. The maximum atomic E-state index is 12.6. The molecule has 1 aromatic heterocycles. The van der Waals surface area contributed by atoms with Crippen molar-refractivity contribution >= 4 is 22.6 Å². The molecular formula is C9H8F2IN3. The van der Waals surface area contributed by atoms with Crippen LogP contribution in [0.5, 0.6) is 0 Å². The predicted molar refractivity (Wildman–Crippen MR) is 59.1 cm³/mol. The van der Waals surface area contributed by atoms with Gasteiger partial charge in [0.2, 0.25) is 0 Å². The summed E-state index contributed by atoms with van der Waals surface area (Å²) in [5.41, 5.74) is 6.05. The van der Waals surface area contributed by atoms with E-state index in [-0.39, 0.29) is 24.2 Å². The third-order valence-corrected chi connectivity index (χ3v) is 2.79. The number of rotatable bonds is 3. The lowest BCUT2D eigenvalue weighted by Gasteiger charge is -2.09.